The van der Waals surface area contributed by atoms with Gasteiger partial charge in [-0.1, -0.05) is 11.8 Å². The van der Waals surface area contributed by atoms with Crippen LogP contribution in [0.25, 0.3) is 11.5 Å². The second kappa shape index (κ2) is 8.22. The molecule has 7 nitrogen and oxygen atoms in total. The van der Waals surface area contributed by atoms with Crippen molar-refractivity contribution >= 4 is 11.8 Å². The minimum absolute atomic E-state index is 0.238. The zero-order valence-electron chi connectivity index (χ0n) is 14.7. The van der Waals surface area contributed by atoms with Crippen LogP contribution in [0.1, 0.15) is 6.42 Å². The predicted molar refractivity (Wildman–Crippen MR) is 99.7 cm³/mol. The fraction of sp³-hybridized carbons (Fsp3) is 0.263. The first kappa shape index (κ1) is 17.5. The first-order valence-electron chi connectivity index (χ1n) is 8.45. The average molecular weight is 386 g/mol. The van der Waals surface area contributed by atoms with Gasteiger partial charge in [0, 0.05) is 11.3 Å². The van der Waals surface area contributed by atoms with E-state index in [9.17, 15) is 0 Å². The summed E-state index contributed by atoms with van der Waals surface area (Å²) in [5, 5.41) is 8.71. The molecule has 0 spiro atoms. The van der Waals surface area contributed by atoms with Gasteiger partial charge in [-0.3, -0.25) is 0 Å². The highest BCUT2D eigenvalue weighted by Gasteiger charge is 2.16. The molecule has 0 radical (unpaired) electrons. The zero-order valence-corrected chi connectivity index (χ0v) is 15.5. The van der Waals surface area contributed by atoms with Gasteiger partial charge in [-0.2, -0.15) is 0 Å². The van der Waals surface area contributed by atoms with Gasteiger partial charge < -0.3 is 23.4 Å². The van der Waals surface area contributed by atoms with Gasteiger partial charge in [-0.25, -0.2) is 0 Å². The topological polar surface area (TPSA) is 75.8 Å². The second-order valence-electron chi connectivity index (χ2n) is 5.67. The molecule has 27 heavy (non-hydrogen) atoms. The zero-order chi connectivity index (χ0) is 18.5. The number of hydrogen-bond acceptors (Lipinski definition) is 8. The number of benzene rings is 2. The van der Waals surface area contributed by atoms with Crippen molar-refractivity contribution in [1.29, 1.82) is 0 Å². The molecule has 2 aromatic carbocycles. The van der Waals surface area contributed by atoms with E-state index in [1.165, 1.54) is 11.8 Å². The summed E-state index contributed by atoms with van der Waals surface area (Å²) in [4.78, 5) is 0. The molecule has 0 saturated carbocycles. The van der Waals surface area contributed by atoms with Crippen molar-refractivity contribution in [3.05, 3.63) is 42.5 Å². The molecule has 4 rings (SSSR count). The Hall–Kier alpha value is -2.87. The summed E-state index contributed by atoms with van der Waals surface area (Å²) < 4.78 is 27.2. The van der Waals surface area contributed by atoms with Gasteiger partial charge in [0.25, 0.3) is 5.22 Å². The van der Waals surface area contributed by atoms with Crippen molar-refractivity contribution in [3.8, 4) is 34.5 Å². The molecule has 0 N–H and O–H groups in total. The van der Waals surface area contributed by atoms with Crippen LogP contribution in [0.2, 0.25) is 0 Å². The third-order valence-corrected chi connectivity index (χ3v) is 4.77. The number of aromatic nitrogens is 2. The largest absolute Gasteiger partial charge is 0.497 e. The Labute approximate surface area is 160 Å². The molecule has 1 aromatic heterocycles. The Bertz CT molecular complexity index is 897. The molecule has 0 unspecified atom stereocenters. The van der Waals surface area contributed by atoms with Crippen LogP contribution in [0.4, 0.5) is 0 Å². The number of methoxy groups -OCH3 is 1. The van der Waals surface area contributed by atoms with Crippen LogP contribution in [0.3, 0.4) is 0 Å². The van der Waals surface area contributed by atoms with Gasteiger partial charge in [0.1, 0.15) is 11.5 Å². The van der Waals surface area contributed by atoms with E-state index in [0.29, 0.717) is 23.5 Å². The normalized spacial score (nSPS) is 12.2. The van der Waals surface area contributed by atoms with Gasteiger partial charge in [0.05, 0.1) is 13.7 Å². The van der Waals surface area contributed by atoms with Gasteiger partial charge in [-0.15, -0.1) is 10.2 Å². The van der Waals surface area contributed by atoms with Crippen molar-refractivity contribution in [2.45, 2.75) is 11.6 Å². The number of thioether (sulfide) groups is 1. The molecular formula is C19H18N2O5S. The number of fused-ring (bicyclic) bond motifs is 1. The molecule has 0 fully saturated rings. The van der Waals surface area contributed by atoms with Gasteiger partial charge in [0.15, 0.2) is 11.5 Å². The smallest absolute Gasteiger partial charge is 0.276 e. The van der Waals surface area contributed by atoms with Crippen molar-refractivity contribution in [2.75, 3.05) is 26.3 Å². The van der Waals surface area contributed by atoms with Gasteiger partial charge >= 0.3 is 0 Å². The quantitative estimate of drug-likeness (QED) is 0.424. The second-order valence-corrected chi connectivity index (χ2v) is 6.71. The lowest BCUT2D eigenvalue weighted by Crippen LogP contribution is -1.98. The van der Waals surface area contributed by atoms with Crippen LogP contribution >= 0.6 is 11.8 Å². The van der Waals surface area contributed by atoms with E-state index in [4.69, 9.17) is 23.4 Å². The molecule has 140 valence electrons. The maximum absolute atomic E-state index is 5.71. The van der Waals surface area contributed by atoms with Crippen LogP contribution in [0.15, 0.2) is 52.1 Å². The van der Waals surface area contributed by atoms with Crippen molar-refractivity contribution < 1.29 is 23.4 Å². The highest BCUT2D eigenvalue weighted by molar-refractivity contribution is 7.99. The molecule has 0 atom stereocenters. The molecule has 0 saturated heterocycles. The Morgan fingerprint density at radius 1 is 1.00 bits per heavy atom. The van der Waals surface area contributed by atoms with E-state index in [1.54, 1.807) is 7.11 Å². The van der Waals surface area contributed by atoms with Crippen LogP contribution < -0.4 is 18.9 Å². The van der Waals surface area contributed by atoms with Crippen LogP contribution in [0, 0.1) is 0 Å². The van der Waals surface area contributed by atoms with Crippen LogP contribution in [0.5, 0.6) is 23.0 Å². The fourth-order valence-corrected chi connectivity index (χ4v) is 3.17. The Morgan fingerprint density at radius 2 is 1.81 bits per heavy atom. The van der Waals surface area contributed by atoms with E-state index < -0.39 is 0 Å². The lowest BCUT2D eigenvalue weighted by Gasteiger charge is -2.06. The molecule has 0 aliphatic carbocycles. The summed E-state index contributed by atoms with van der Waals surface area (Å²) in [6, 6.07) is 13.1. The monoisotopic (exact) mass is 386 g/mol. The highest BCUT2D eigenvalue weighted by atomic mass is 32.2. The summed E-state index contributed by atoms with van der Waals surface area (Å²) in [5.41, 5.74) is 0.807. The van der Waals surface area contributed by atoms with Crippen molar-refractivity contribution in [3.63, 3.8) is 0 Å². The molecule has 0 bridgehead atoms. The van der Waals surface area contributed by atoms with E-state index in [-0.39, 0.29) is 6.79 Å². The average Bonchev–Trinajstić information content (AvgIpc) is 3.37. The third kappa shape index (κ3) is 4.28. The van der Waals surface area contributed by atoms with E-state index in [1.807, 2.05) is 42.5 Å². The number of nitrogens with zero attached hydrogens (tertiary/aromatic N) is 2. The Balaban J connectivity index is 1.24. The minimum Gasteiger partial charge on any atom is -0.497 e. The first-order chi connectivity index (χ1) is 13.3. The molecule has 1 aliphatic rings. The molecular weight excluding hydrogens is 368 g/mol. The van der Waals surface area contributed by atoms with Crippen molar-refractivity contribution in [2.24, 2.45) is 0 Å². The maximum Gasteiger partial charge on any atom is 0.276 e. The summed E-state index contributed by atoms with van der Waals surface area (Å²) in [6.07, 6.45) is 0.860. The fourth-order valence-electron chi connectivity index (χ4n) is 2.49. The molecule has 2 heterocycles. The lowest BCUT2D eigenvalue weighted by atomic mass is 10.2. The Morgan fingerprint density at radius 3 is 2.67 bits per heavy atom. The van der Waals surface area contributed by atoms with Crippen LogP contribution in [-0.2, 0) is 0 Å². The van der Waals surface area contributed by atoms with Crippen LogP contribution in [-0.4, -0.2) is 36.5 Å². The highest BCUT2D eigenvalue weighted by Crippen LogP contribution is 2.36. The third-order valence-electron chi connectivity index (χ3n) is 3.87. The van der Waals surface area contributed by atoms with Crippen molar-refractivity contribution in [1.82, 2.24) is 10.2 Å². The number of rotatable bonds is 8. The standard InChI is InChI=1S/C19H18N2O5S/c1-22-14-4-6-15(7-5-14)23-9-2-10-27-19-21-20-18(26-19)13-3-8-16-17(11-13)25-12-24-16/h3-8,11H,2,9-10,12H2,1H3. The van der Waals surface area contributed by atoms with E-state index in [2.05, 4.69) is 10.2 Å². The summed E-state index contributed by atoms with van der Waals surface area (Å²) >= 11 is 1.51. The molecule has 1 aliphatic heterocycles. The number of ether oxygens (including phenoxy) is 4. The van der Waals surface area contributed by atoms with Gasteiger partial charge in [0.2, 0.25) is 12.7 Å². The summed E-state index contributed by atoms with van der Waals surface area (Å²) in [5.74, 6) is 4.33. The molecule has 8 heteroatoms. The molecule has 0 amide bonds. The van der Waals surface area contributed by atoms with E-state index in [0.717, 1.165) is 35.0 Å². The minimum atomic E-state index is 0.238. The lowest BCUT2D eigenvalue weighted by molar-refractivity contribution is 0.174. The predicted octanol–water partition coefficient (Wildman–Crippen LogP) is 4.04. The van der Waals surface area contributed by atoms with Gasteiger partial charge in [-0.05, 0) is 48.9 Å². The Kier molecular flexibility index (Phi) is 5.34. The maximum atomic E-state index is 5.71. The SMILES string of the molecule is COc1ccc(OCCCSc2nnc(-c3ccc4c(c3)OCO4)o2)cc1. The number of hydrogen-bond donors (Lipinski definition) is 0. The molecule has 3 aromatic rings. The first-order valence-corrected chi connectivity index (χ1v) is 9.43. The summed E-state index contributed by atoms with van der Waals surface area (Å²) in [6.45, 7) is 0.852. The van der Waals surface area contributed by atoms with E-state index >= 15 is 0 Å². The summed E-state index contributed by atoms with van der Waals surface area (Å²) in [7, 11) is 1.64.